The van der Waals surface area contributed by atoms with Gasteiger partial charge in [-0.1, -0.05) is 0 Å². The maximum atomic E-state index is 11.3. The van der Waals surface area contributed by atoms with Crippen molar-refractivity contribution in [2.45, 2.75) is 25.8 Å². The molecule has 2 rings (SSSR count). The minimum Gasteiger partial charge on any atom is -0.480 e. The Bertz CT molecular complexity index is 599. The summed E-state index contributed by atoms with van der Waals surface area (Å²) in [5.41, 5.74) is 1.02. The van der Waals surface area contributed by atoms with Crippen LogP contribution in [0.4, 0.5) is 17.1 Å². The molecule has 8 heteroatoms. The highest BCUT2D eigenvalue weighted by Crippen LogP contribution is 2.34. The molecule has 0 spiro atoms. The molecule has 0 saturated heterocycles. The Balaban J connectivity index is 2.43. The number of hydrogen-bond donors (Lipinski definition) is 3. The number of carbonyl (C=O) groups is 2. The van der Waals surface area contributed by atoms with Crippen molar-refractivity contribution in [2.24, 2.45) is 0 Å². The second kappa shape index (κ2) is 5.16. The summed E-state index contributed by atoms with van der Waals surface area (Å²) in [4.78, 5) is 32.6. The summed E-state index contributed by atoms with van der Waals surface area (Å²) in [5.74, 6) is -1.29. The highest BCUT2D eigenvalue weighted by Gasteiger charge is 2.24. The van der Waals surface area contributed by atoms with Crippen LogP contribution in [0, 0.1) is 10.1 Å². The molecule has 1 aliphatic rings. The van der Waals surface area contributed by atoms with Crippen molar-refractivity contribution in [1.29, 1.82) is 0 Å². The Morgan fingerprint density at radius 2 is 2.20 bits per heavy atom. The molecule has 0 aromatic heterocycles. The summed E-state index contributed by atoms with van der Waals surface area (Å²) in [7, 11) is 0. The third-order valence-corrected chi connectivity index (χ3v) is 3.06. The number of aryl methyl sites for hydroxylation is 1. The first-order chi connectivity index (χ1) is 9.38. The Labute approximate surface area is 113 Å². The third-order valence-electron chi connectivity index (χ3n) is 3.06. The van der Waals surface area contributed by atoms with E-state index in [4.69, 9.17) is 5.11 Å². The van der Waals surface area contributed by atoms with Crippen LogP contribution >= 0.6 is 0 Å². The van der Waals surface area contributed by atoms with Gasteiger partial charge in [-0.25, -0.2) is 0 Å². The maximum absolute atomic E-state index is 11.3. The second-order valence-corrected chi connectivity index (χ2v) is 4.54. The second-order valence-electron chi connectivity index (χ2n) is 4.54. The van der Waals surface area contributed by atoms with E-state index < -0.39 is 16.9 Å². The van der Waals surface area contributed by atoms with E-state index in [2.05, 4.69) is 10.6 Å². The number of carboxylic acids is 1. The van der Waals surface area contributed by atoms with Crippen molar-refractivity contribution < 1.29 is 19.6 Å². The number of nitro benzene ring substituents is 1. The van der Waals surface area contributed by atoms with Gasteiger partial charge in [0.15, 0.2) is 0 Å². The van der Waals surface area contributed by atoms with E-state index in [1.807, 2.05) is 0 Å². The molecule has 1 heterocycles. The average Bonchev–Trinajstić information content (AvgIpc) is 2.37. The molecule has 3 N–H and O–H groups in total. The zero-order valence-electron chi connectivity index (χ0n) is 10.7. The van der Waals surface area contributed by atoms with Crippen molar-refractivity contribution in [2.75, 3.05) is 10.6 Å². The molecule has 0 aliphatic carbocycles. The largest absolute Gasteiger partial charge is 0.480 e. The van der Waals surface area contributed by atoms with Gasteiger partial charge < -0.3 is 15.7 Å². The monoisotopic (exact) mass is 279 g/mol. The van der Waals surface area contributed by atoms with E-state index in [-0.39, 0.29) is 23.7 Å². The lowest BCUT2D eigenvalue weighted by Crippen LogP contribution is -2.26. The molecule has 0 radical (unpaired) electrons. The van der Waals surface area contributed by atoms with Crippen LogP contribution in [0.15, 0.2) is 12.1 Å². The van der Waals surface area contributed by atoms with Gasteiger partial charge in [-0.15, -0.1) is 0 Å². The van der Waals surface area contributed by atoms with Crippen molar-refractivity contribution >= 4 is 28.9 Å². The quantitative estimate of drug-likeness (QED) is 0.565. The Kier molecular flexibility index (Phi) is 3.55. The third kappa shape index (κ3) is 2.68. The predicted octanol–water partition coefficient (Wildman–Crippen LogP) is 1.36. The Morgan fingerprint density at radius 1 is 1.50 bits per heavy atom. The molecular formula is C12H13N3O5. The van der Waals surface area contributed by atoms with Crippen LogP contribution in [0.25, 0.3) is 0 Å². The van der Waals surface area contributed by atoms with Gasteiger partial charge in [-0.05, 0) is 25.0 Å². The van der Waals surface area contributed by atoms with Gasteiger partial charge in [0.25, 0.3) is 5.69 Å². The van der Waals surface area contributed by atoms with Crippen molar-refractivity contribution in [3.63, 3.8) is 0 Å². The number of amides is 1. The van der Waals surface area contributed by atoms with Crippen LogP contribution in [-0.4, -0.2) is 27.9 Å². The van der Waals surface area contributed by atoms with Crippen LogP contribution in [0.1, 0.15) is 18.9 Å². The van der Waals surface area contributed by atoms with E-state index in [0.717, 1.165) is 0 Å². The highest BCUT2D eigenvalue weighted by atomic mass is 16.6. The van der Waals surface area contributed by atoms with E-state index in [1.54, 1.807) is 0 Å². The van der Waals surface area contributed by atoms with Gasteiger partial charge in [-0.2, -0.15) is 0 Å². The smallest absolute Gasteiger partial charge is 0.325 e. The number of nitrogens with zero attached hydrogens (tertiary/aromatic N) is 1. The summed E-state index contributed by atoms with van der Waals surface area (Å²) in [5, 5.41) is 25.1. The van der Waals surface area contributed by atoms with Crippen LogP contribution in [0.3, 0.4) is 0 Å². The summed E-state index contributed by atoms with van der Waals surface area (Å²) >= 11 is 0. The first-order valence-electron chi connectivity index (χ1n) is 5.99. The van der Waals surface area contributed by atoms with Gasteiger partial charge in [-0.3, -0.25) is 19.7 Å². The molecular weight excluding hydrogens is 266 g/mol. The first-order valence-corrected chi connectivity index (χ1v) is 5.99. The van der Waals surface area contributed by atoms with Gasteiger partial charge in [0.2, 0.25) is 5.91 Å². The van der Waals surface area contributed by atoms with Crippen molar-refractivity contribution in [1.82, 2.24) is 0 Å². The van der Waals surface area contributed by atoms with Gasteiger partial charge >= 0.3 is 5.97 Å². The number of nitro groups is 1. The summed E-state index contributed by atoms with van der Waals surface area (Å²) in [6.07, 6.45) is 0.708. The molecule has 106 valence electrons. The zero-order chi connectivity index (χ0) is 14.9. The lowest BCUT2D eigenvalue weighted by atomic mass is 10.0. The molecule has 1 aromatic carbocycles. The summed E-state index contributed by atoms with van der Waals surface area (Å²) < 4.78 is 0. The normalized spacial score (nSPS) is 14.9. The number of benzene rings is 1. The van der Waals surface area contributed by atoms with Crippen molar-refractivity contribution in [3.8, 4) is 0 Å². The number of anilines is 2. The number of rotatable bonds is 4. The molecule has 1 aromatic rings. The van der Waals surface area contributed by atoms with E-state index >= 15 is 0 Å². The SMILES string of the molecule is C[C@H](Nc1cc2c(cc1[N+](=O)[O-])CCC(=O)N2)C(=O)O. The summed E-state index contributed by atoms with van der Waals surface area (Å²) in [6.45, 7) is 1.38. The van der Waals surface area contributed by atoms with Gasteiger partial charge in [0, 0.05) is 18.2 Å². The Hall–Kier alpha value is -2.64. The standard InChI is InChI=1S/C12H13N3O5/c1-6(12(17)18)13-9-5-8-7(2-3-11(16)14-8)4-10(9)15(19)20/h4-6,13H,2-3H2,1H3,(H,14,16)(H,17,18)/t6-/m0/s1. The molecule has 0 bridgehead atoms. The number of nitrogens with one attached hydrogen (secondary N) is 2. The van der Waals surface area contributed by atoms with Crippen LogP contribution in [0.2, 0.25) is 0 Å². The molecule has 0 unspecified atom stereocenters. The van der Waals surface area contributed by atoms with Crippen LogP contribution < -0.4 is 10.6 Å². The fourth-order valence-corrected chi connectivity index (χ4v) is 1.98. The lowest BCUT2D eigenvalue weighted by molar-refractivity contribution is -0.384. The zero-order valence-corrected chi connectivity index (χ0v) is 10.7. The number of hydrogen-bond acceptors (Lipinski definition) is 5. The number of carbonyl (C=O) groups excluding carboxylic acids is 1. The first kappa shape index (κ1) is 13.8. The Morgan fingerprint density at radius 3 is 2.80 bits per heavy atom. The number of carboxylic acid groups (broad SMARTS) is 1. The molecule has 20 heavy (non-hydrogen) atoms. The van der Waals surface area contributed by atoms with Crippen molar-refractivity contribution in [3.05, 3.63) is 27.8 Å². The van der Waals surface area contributed by atoms with E-state index in [0.29, 0.717) is 17.7 Å². The predicted molar refractivity (Wildman–Crippen MR) is 70.8 cm³/mol. The topological polar surface area (TPSA) is 122 Å². The lowest BCUT2D eigenvalue weighted by Gasteiger charge is -2.19. The fraction of sp³-hybridized carbons (Fsp3) is 0.333. The average molecular weight is 279 g/mol. The number of fused-ring (bicyclic) bond motifs is 1. The maximum Gasteiger partial charge on any atom is 0.325 e. The van der Waals surface area contributed by atoms with E-state index in [1.165, 1.54) is 19.1 Å². The molecule has 0 fully saturated rings. The van der Waals surface area contributed by atoms with Gasteiger partial charge in [0.05, 0.1) is 4.92 Å². The minimum atomic E-state index is -1.12. The summed E-state index contributed by atoms with van der Waals surface area (Å²) in [6, 6.07) is 1.79. The van der Waals surface area contributed by atoms with E-state index in [9.17, 15) is 19.7 Å². The number of aliphatic carboxylic acids is 1. The highest BCUT2D eigenvalue weighted by molar-refractivity contribution is 5.95. The molecule has 1 amide bonds. The molecule has 8 nitrogen and oxygen atoms in total. The molecule has 1 aliphatic heterocycles. The fourth-order valence-electron chi connectivity index (χ4n) is 1.98. The minimum absolute atomic E-state index is 0.0749. The van der Waals surface area contributed by atoms with Crippen LogP contribution in [-0.2, 0) is 16.0 Å². The molecule has 0 saturated carbocycles. The molecule has 1 atom stereocenters. The van der Waals surface area contributed by atoms with Crippen LogP contribution in [0.5, 0.6) is 0 Å². The van der Waals surface area contributed by atoms with Gasteiger partial charge in [0.1, 0.15) is 11.7 Å².